The average Bonchev–Trinajstić information content (AvgIpc) is 2.64. The van der Waals surface area contributed by atoms with Gasteiger partial charge in [0.15, 0.2) is 0 Å². The normalized spacial score (nSPS) is 10.7. The lowest BCUT2D eigenvalue weighted by Crippen LogP contribution is -2.28. The number of anilines is 1. The van der Waals surface area contributed by atoms with Crippen LogP contribution >= 0.6 is 0 Å². The predicted octanol–water partition coefficient (Wildman–Crippen LogP) is 1.23. The van der Waals surface area contributed by atoms with Crippen LogP contribution in [-0.2, 0) is 6.42 Å². The summed E-state index contributed by atoms with van der Waals surface area (Å²) >= 11 is 0. The molecule has 2 aromatic rings. The molecule has 0 unspecified atom stereocenters. The number of rotatable bonds is 9. The summed E-state index contributed by atoms with van der Waals surface area (Å²) < 4.78 is 0. The Hall–Kier alpha value is -2.54. The molecule has 1 amide bonds. The maximum absolute atomic E-state index is 12.0. The third-order valence-electron chi connectivity index (χ3n) is 3.81. The lowest BCUT2D eigenvalue weighted by Gasteiger charge is -2.17. The first-order valence-electron chi connectivity index (χ1n) is 8.41. The van der Waals surface area contributed by atoms with Gasteiger partial charge < -0.3 is 15.1 Å². The lowest BCUT2D eigenvalue weighted by atomic mass is 10.2. The van der Waals surface area contributed by atoms with Crippen molar-refractivity contribution in [2.45, 2.75) is 12.8 Å². The maximum atomic E-state index is 12.0. The minimum absolute atomic E-state index is 0.183. The van der Waals surface area contributed by atoms with Crippen LogP contribution in [0.2, 0.25) is 0 Å². The summed E-state index contributed by atoms with van der Waals surface area (Å²) in [5.41, 5.74) is 1.57. The fourth-order valence-corrected chi connectivity index (χ4v) is 2.28. The third-order valence-corrected chi connectivity index (χ3v) is 3.81. The van der Waals surface area contributed by atoms with E-state index in [1.165, 1.54) is 11.8 Å². The average molecular weight is 342 g/mol. The van der Waals surface area contributed by atoms with Gasteiger partial charge in [-0.15, -0.1) is 0 Å². The van der Waals surface area contributed by atoms with Crippen LogP contribution in [0.3, 0.4) is 0 Å². The molecule has 25 heavy (non-hydrogen) atoms. The number of nitrogens with zero attached hydrogens (tertiary/aromatic N) is 5. The van der Waals surface area contributed by atoms with Gasteiger partial charge in [0.05, 0.1) is 12.4 Å². The quantitative estimate of drug-likeness (QED) is 0.691. The van der Waals surface area contributed by atoms with E-state index in [9.17, 15) is 4.79 Å². The monoisotopic (exact) mass is 342 g/mol. The van der Waals surface area contributed by atoms with Gasteiger partial charge in [-0.1, -0.05) is 0 Å². The fraction of sp³-hybridized carbons (Fsp3) is 0.444. The van der Waals surface area contributed by atoms with Gasteiger partial charge in [-0.2, -0.15) is 0 Å². The minimum Gasteiger partial charge on any atom is -0.358 e. The number of amides is 1. The molecule has 0 fully saturated rings. The van der Waals surface area contributed by atoms with Crippen LogP contribution in [0.25, 0.3) is 0 Å². The van der Waals surface area contributed by atoms with E-state index in [0.29, 0.717) is 12.2 Å². The number of nitrogens with one attached hydrogen (secondary N) is 1. The molecule has 7 heteroatoms. The number of carbonyl (C=O) groups is 1. The summed E-state index contributed by atoms with van der Waals surface area (Å²) in [6.07, 6.45) is 8.56. The van der Waals surface area contributed by atoms with Gasteiger partial charge in [0, 0.05) is 32.5 Å². The van der Waals surface area contributed by atoms with E-state index in [0.717, 1.165) is 31.7 Å². The minimum atomic E-state index is -0.183. The van der Waals surface area contributed by atoms with Gasteiger partial charge in [-0.3, -0.25) is 9.78 Å². The summed E-state index contributed by atoms with van der Waals surface area (Å²) in [4.78, 5) is 28.7. The Morgan fingerprint density at radius 3 is 2.48 bits per heavy atom. The van der Waals surface area contributed by atoms with E-state index in [1.54, 1.807) is 18.6 Å². The van der Waals surface area contributed by atoms with Gasteiger partial charge >= 0.3 is 0 Å². The first kappa shape index (κ1) is 18.8. The second-order valence-electron chi connectivity index (χ2n) is 6.20. The summed E-state index contributed by atoms with van der Waals surface area (Å²) in [6, 6.07) is 4.01. The number of likely N-dealkylation sites (N-methyl/N-ethyl adjacent to an activating group) is 1. The largest absolute Gasteiger partial charge is 0.358 e. The van der Waals surface area contributed by atoms with Gasteiger partial charge in [0.1, 0.15) is 11.5 Å². The number of aromatic nitrogens is 3. The number of hydrogen-bond donors (Lipinski definition) is 1. The van der Waals surface area contributed by atoms with Crippen molar-refractivity contribution < 1.29 is 4.79 Å². The Morgan fingerprint density at radius 1 is 1.08 bits per heavy atom. The van der Waals surface area contributed by atoms with Crippen LogP contribution in [-0.4, -0.2) is 66.5 Å². The third kappa shape index (κ3) is 6.46. The molecule has 2 aromatic heterocycles. The van der Waals surface area contributed by atoms with Gasteiger partial charge in [0.25, 0.3) is 5.91 Å². The van der Waals surface area contributed by atoms with Crippen molar-refractivity contribution in [3.05, 3.63) is 48.2 Å². The zero-order valence-electron chi connectivity index (χ0n) is 15.1. The number of hydrogen-bond acceptors (Lipinski definition) is 6. The Balaban J connectivity index is 1.81. The molecule has 0 aliphatic heterocycles. The van der Waals surface area contributed by atoms with Crippen molar-refractivity contribution in [1.82, 2.24) is 25.2 Å². The smallest absolute Gasteiger partial charge is 0.271 e. The van der Waals surface area contributed by atoms with E-state index in [4.69, 9.17) is 0 Å². The molecule has 7 nitrogen and oxygen atoms in total. The summed E-state index contributed by atoms with van der Waals surface area (Å²) in [5, 5.41) is 2.86. The van der Waals surface area contributed by atoms with Gasteiger partial charge in [-0.25, -0.2) is 9.97 Å². The van der Waals surface area contributed by atoms with Crippen LogP contribution in [0.5, 0.6) is 0 Å². The fourth-order valence-electron chi connectivity index (χ4n) is 2.28. The Kier molecular flexibility index (Phi) is 7.28. The molecular weight excluding hydrogens is 316 g/mol. The maximum Gasteiger partial charge on any atom is 0.271 e. The van der Waals surface area contributed by atoms with Crippen molar-refractivity contribution in [3.8, 4) is 0 Å². The first-order valence-corrected chi connectivity index (χ1v) is 8.41. The van der Waals surface area contributed by atoms with Crippen molar-refractivity contribution in [3.63, 3.8) is 0 Å². The first-order chi connectivity index (χ1) is 12.1. The van der Waals surface area contributed by atoms with Crippen LogP contribution in [0.4, 0.5) is 5.82 Å². The van der Waals surface area contributed by atoms with Crippen molar-refractivity contribution in [2.75, 3.05) is 45.7 Å². The summed E-state index contributed by atoms with van der Waals surface area (Å²) in [5.74, 6) is 0.565. The van der Waals surface area contributed by atoms with Crippen molar-refractivity contribution >= 4 is 11.7 Å². The highest BCUT2D eigenvalue weighted by atomic mass is 16.1. The molecule has 0 aliphatic rings. The van der Waals surface area contributed by atoms with Crippen molar-refractivity contribution in [2.24, 2.45) is 0 Å². The number of pyridine rings is 1. The van der Waals surface area contributed by atoms with Crippen LogP contribution < -0.4 is 10.2 Å². The van der Waals surface area contributed by atoms with Crippen molar-refractivity contribution in [1.29, 1.82) is 0 Å². The van der Waals surface area contributed by atoms with E-state index in [-0.39, 0.29) is 5.91 Å². The van der Waals surface area contributed by atoms with Crippen LogP contribution in [0.15, 0.2) is 36.9 Å². The predicted molar refractivity (Wildman–Crippen MR) is 98.7 cm³/mol. The van der Waals surface area contributed by atoms with Gasteiger partial charge in [0.2, 0.25) is 0 Å². The molecule has 0 atom stereocenters. The van der Waals surface area contributed by atoms with E-state index in [2.05, 4.69) is 25.2 Å². The molecule has 134 valence electrons. The molecule has 0 spiro atoms. The van der Waals surface area contributed by atoms with E-state index >= 15 is 0 Å². The Morgan fingerprint density at radius 2 is 1.84 bits per heavy atom. The van der Waals surface area contributed by atoms with Gasteiger partial charge in [-0.05, 0) is 51.2 Å². The molecule has 2 rings (SSSR count). The van der Waals surface area contributed by atoms with E-state index in [1.807, 2.05) is 38.2 Å². The molecule has 2 heterocycles. The molecule has 0 aromatic carbocycles. The molecule has 0 aliphatic carbocycles. The van der Waals surface area contributed by atoms with Crippen LogP contribution in [0.1, 0.15) is 22.5 Å². The van der Waals surface area contributed by atoms with E-state index < -0.39 is 0 Å². The van der Waals surface area contributed by atoms with Crippen LogP contribution in [0, 0.1) is 0 Å². The zero-order chi connectivity index (χ0) is 18.1. The SMILES string of the molecule is CN(C)CCCNC(=O)c1cnc(N(C)CCc2ccncc2)cn1. The highest BCUT2D eigenvalue weighted by molar-refractivity contribution is 5.91. The second kappa shape index (κ2) is 9.68. The highest BCUT2D eigenvalue weighted by Gasteiger charge is 2.09. The molecule has 0 saturated carbocycles. The standard InChI is InChI=1S/C18H26N6O/c1-23(2)11-4-8-20-18(25)16-13-22-17(14-21-16)24(3)12-7-15-5-9-19-10-6-15/h5-6,9-10,13-14H,4,7-8,11-12H2,1-3H3,(H,20,25). The highest BCUT2D eigenvalue weighted by Crippen LogP contribution is 2.08. The Labute approximate surface area is 149 Å². The molecular formula is C18H26N6O. The Bertz CT molecular complexity index is 644. The second-order valence-corrected chi connectivity index (χ2v) is 6.20. The molecule has 0 radical (unpaired) electrons. The zero-order valence-corrected chi connectivity index (χ0v) is 15.1. The molecule has 0 bridgehead atoms. The number of carbonyl (C=O) groups excluding carboxylic acids is 1. The lowest BCUT2D eigenvalue weighted by molar-refractivity contribution is 0.0947. The molecule has 1 N–H and O–H groups in total. The summed E-state index contributed by atoms with van der Waals surface area (Å²) in [6.45, 7) is 2.38. The topological polar surface area (TPSA) is 74.2 Å². The summed E-state index contributed by atoms with van der Waals surface area (Å²) in [7, 11) is 5.99. The molecule has 0 saturated heterocycles.